The predicted octanol–water partition coefficient (Wildman–Crippen LogP) is 11.3. The number of aliphatic imine (C=N–C) groups is 2. The van der Waals surface area contributed by atoms with E-state index in [2.05, 4.69) is 127 Å². The molecule has 0 fully saturated rings. The predicted molar refractivity (Wildman–Crippen MR) is 201 cm³/mol. The van der Waals surface area contributed by atoms with E-state index in [0.717, 1.165) is 55.9 Å². The molecule has 0 amide bonds. The summed E-state index contributed by atoms with van der Waals surface area (Å²) < 4.78 is 9.01. The molecule has 0 saturated carbocycles. The SMILES string of the molecule is c1ccc(C2=NC(c3c(-c4cccc5c4sc4ccccc45)ccc4oc5ccccc5c34)N=C(c3ccc4ccccc4c3)N2)cc1. The van der Waals surface area contributed by atoms with Gasteiger partial charge in [-0.2, -0.15) is 0 Å². The summed E-state index contributed by atoms with van der Waals surface area (Å²) in [6.45, 7) is 0. The molecule has 5 heteroatoms. The van der Waals surface area contributed by atoms with Gasteiger partial charge in [0, 0.05) is 47.6 Å². The van der Waals surface area contributed by atoms with E-state index in [1.807, 2.05) is 41.7 Å². The molecule has 226 valence electrons. The Labute approximate surface area is 280 Å². The fourth-order valence-corrected chi connectivity index (χ4v) is 8.34. The molecule has 0 radical (unpaired) electrons. The van der Waals surface area contributed by atoms with Crippen molar-refractivity contribution < 1.29 is 4.42 Å². The van der Waals surface area contributed by atoms with Gasteiger partial charge in [-0.1, -0.05) is 127 Å². The Hall–Kier alpha value is -6.04. The molecule has 0 saturated heterocycles. The molecule has 3 heterocycles. The Morgan fingerprint density at radius 3 is 2.15 bits per heavy atom. The standard InChI is InChI=1S/C43H27N3OS/c1-2-12-27(13-3-1)41-44-42(29-22-21-26-11-4-5-14-28(26)25-29)46-43(45-41)39-31(23-24-36-38(39)34-16-6-8-19-35(34)47-36)33-18-10-17-32-30-15-7-9-20-37(30)48-40(32)33/h1-25,43H,(H,44,45,46). The second-order valence-electron chi connectivity index (χ2n) is 12.2. The number of nitrogens with one attached hydrogen (secondary N) is 1. The highest BCUT2D eigenvalue weighted by Gasteiger charge is 2.28. The first kappa shape index (κ1) is 27.1. The van der Waals surface area contributed by atoms with Gasteiger partial charge in [0.2, 0.25) is 0 Å². The maximum absolute atomic E-state index is 6.47. The van der Waals surface area contributed by atoms with Crippen LogP contribution in [0.3, 0.4) is 0 Å². The van der Waals surface area contributed by atoms with Crippen molar-refractivity contribution in [3.8, 4) is 11.1 Å². The molecule has 0 bridgehead atoms. The third kappa shape index (κ3) is 4.29. The number of nitrogens with zero attached hydrogens (tertiary/aromatic N) is 2. The number of benzene rings is 7. The van der Waals surface area contributed by atoms with E-state index in [4.69, 9.17) is 14.4 Å². The Morgan fingerprint density at radius 2 is 1.25 bits per heavy atom. The molecule has 0 aliphatic carbocycles. The minimum Gasteiger partial charge on any atom is -0.456 e. The van der Waals surface area contributed by atoms with Crippen molar-refractivity contribution in [1.82, 2.24) is 5.32 Å². The van der Waals surface area contributed by atoms with Gasteiger partial charge in [-0.3, -0.25) is 0 Å². The van der Waals surface area contributed by atoms with Crippen LogP contribution in [0.15, 0.2) is 166 Å². The van der Waals surface area contributed by atoms with Crippen molar-refractivity contribution in [2.45, 2.75) is 6.17 Å². The largest absolute Gasteiger partial charge is 0.456 e. The van der Waals surface area contributed by atoms with Gasteiger partial charge in [-0.25, -0.2) is 9.98 Å². The van der Waals surface area contributed by atoms with Gasteiger partial charge < -0.3 is 9.73 Å². The van der Waals surface area contributed by atoms with Crippen LogP contribution in [-0.2, 0) is 0 Å². The molecule has 1 N–H and O–H groups in total. The topological polar surface area (TPSA) is 49.9 Å². The second-order valence-corrected chi connectivity index (χ2v) is 13.2. The second kappa shape index (κ2) is 10.8. The number of amidine groups is 2. The number of hydrogen-bond acceptors (Lipinski definition) is 5. The fraction of sp³-hybridized carbons (Fsp3) is 0.0233. The summed E-state index contributed by atoms with van der Waals surface area (Å²) in [6.07, 6.45) is -0.535. The summed E-state index contributed by atoms with van der Waals surface area (Å²) in [5.41, 5.74) is 7.02. The zero-order valence-corrected chi connectivity index (χ0v) is 26.5. The molecule has 48 heavy (non-hydrogen) atoms. The molecular weight excluding hydrogens is 607 g/mol. The fourth-order valence-electron chi connectivity index (χ4n) is 7.11. The summed E-state index contributed by atoms with van der Waals surface area (Å²) in [6, 6.07) is 53.2. The van der Waals surface area contributed by atoms with Crippen LogP contribution in [0, 0.1) is 0 Å². The zero-order chi connectivity index (χ0) is 31.6. The third-order valence-corrected chi connectivity index (χ3v) is 10.6. The molecular formula is C43H27N3OS. The molecule has 9 aromatic rings. The van der Waals surface area contributed by atoms with E-state index in [1.165, 1.54) is 36.5 Å². The van der Waals surface area contributed by atoms with Crippen LogP contribution >= 0.6 is 11.3 Å². The van der Waals surface area contributed by atoms with Gasteiger partial charge in [0.15, 0.2) is 6.17 Å². The molecule has 0 spiro atoms. The van der Waals surface area contributed by atoms with Gasteiger partial charge >= 0.3 is 0 Å². The van der Waals surface area contributed by atoms with Crippen molar-refractivity contribution in [2.24, 2.45) is 9.98 Å². The number of fused-ring (bicyclic) bond motifs is 7. The molecule has 1 aliphatic rings. The lowest BCUT2D eigenvalue weighted by Crippen LogP contribution is -2.36. The van der Waals surface area contributed by atoms with Crippen molar-refractivity contribution in [3.63, 3.8) is 0 Å². The summed E-state index contributed by atoms with van der Waals surface area (Å²) in [7, 11) is 0. The lowest BCUT2D eigenvalue weighted by Gasteiger charge is -2.24. The van der Waals surface area contributed by atoms with Gasteiger partial charge in [0.1, 0.15) is 22.8 Å². The molecule has 7 aromatic carbocycles. The van der Waals surface area contributed by atoms with Crippen molar-refractivity contribution in [2.75, 3.05) is 0 Å². The van der Waals surface area contributed by atoms with Gasteiger partial charge in [-0.15, -0.1) is 11.3 Å². The maximum Gasteiger partial charge on any atom is 0.171 e. The highest BCUT2D eigenvalue weighted by molar-refractivity contribution is 7.26. The van der Waals surface area contributed by atoms with Crippen molar-refractivity contribution in [3.05, 3.63) is 168 Å². The average Bonchev–Trinajstić information content (AvgIpc) is 3.73. The lowest BCUT2D eigenvalue weighted by atomic mass is 9.92. The molecule has 4 nitrogen and oxygen atoms in total. The van der Waals surface area contributed by atoms with Gasteiger partial charge in [0.05, 0.1) is 0 Å². The minimum absolute atomic E-state index is 0.535. The summed E-state index contributed by atoms with van der Waals surface area (Å²) >= 11 is 1.84. The van der Waals surface area contributed by atoms with Gasteiger partial charge in [0.25, 0.3) is 0 Å². The van der Waals surface area contributed by atoms with Crippen LogP contribution < -0.4 is 5.32 Å². The normalized spacial score (nSPS) is 14.9. The minimum atomic E-state index is -0.535. The van der Waals surface area contributed by atoms with Crippen LogP contribution in [-0.4, -0.2) is 11.7 Å². The number of hydrogen-bond donors (Lipinski definition) is 1. The Balaban J connectivity index is 1.28. The number of rotatable bonds is 4. The van der Waals surface area contributed by atoms with E-state index >= 15 is 0 Å². The van der Waals surface area contributed by atoms with E-state index in [1.54, 1.807) is 0 Å². The molecule has 10 rings (SSSR count). The van der Waals surface area contributed by atoms with Crippen molar-refractivity contribution >= 4 is 75.9 Å². The van der Waals surface area contributed by atoms with Crippen LogP contribution in [0.4, 0.5) is 0 Å². The van der Waals surface area contributed by atoms with Gasteiger partial charge in [-0.05, 0) is 46.2 Å². The molecule has 1 aliphatic heterocycles. The van der Waals surface area contributed by atoms with Crippen LogP contribution in [0.2, 0.25) is 0 Å². The number of thiophene rings is 1. The summed E-state index contributed by atoms with van der Waals surface area (Å²) in [4.78, 5) is 10.8. The Morgan fingerprint density at radius 1 is 0.521 bits per heavy atom. The number of furan rings is 1. The highest BCUT2D eigenvalue weighted by atomic mass is 32.1. The first-order chi connectivity index (χ1) is 23.8. The van der Waals surface area contributed by atoms with Crippen LogP contribution in [0.1, 0.15) is 22.9 Å². The quantitative estimate of drug-likeness (QED) is 0.210. The van der Waals surface area contributed by atoms with E-state index in [-0.39, 0.29) is 0 Å². The third-order valence-electron chi connectivity index (χ3n) is 9.35. The Bertz CT molecular complexity index is 2770. The summed E-state index contributed by atoms with van der Waals surface area (Å²) in [5, 5.41) is 10.6. The van der Waals surface area contributed by atoms with E-state index in [9.17, 15) is 0 Å². The first-order valence-electron chi connectivity index (χ1n) is 16.1. The molecule has 2 aromatic heterocycles. The highest BCUT2D eigenvalue weighted by Crippen LogP contribution is 2.46. The van der Waals surface area contributed by atoms with Crippen molar-refractivity contribution in [1.29, 1.82) is 0 Å². The average molecular weight is 634 g/mol. The Kier molecular flexibility index (Phi) is 6.08. The lowest BCUT2D eigenvalue weighted by molar-refractivity contribution is 0.667. The van der Waals surface area contributed by atoms with Crippen LogP contribution in [0.5, 0.6) is 0 Å². The summed E-state index contributed by atoms with van der Waals surface area (Å²) in [5.74, 6) is 1.57. The maximum atomic E-state index is 6.47. The van der Waals surface area contributed by atoms with Crippen LogP contribution in [0.25, 0.3) is 64.0 Å². The van der Waals surface area contributed by atoms with E-state index in [0.29, 0.717) is 0 Å². The molecule has 1 unspecified atom stereocenters. The van der Waals surface area contributed by atoms with E-state index < -0.39 is 6.17 Å². The zero-order valence-electron chi connectivity index (χ0n) is 25.7. The number of para-hydroxylation sites is 1. The molecule has 1 atom stereocenters. The smallest absolute Gasteiger partial charge is 0.171 e. The first-order valence-corrected chi connectivity index (χ1v) is 16.9. The monoisotopic (exact) mass is 633 g/mol.